The van der Waals surface area contributed by atoms with E-state index in [0.29, 0.717) is 17.3 Å². The number of hydrogen-bond donors (Lipinski definition) is 2. The van der Waals surface area contributed by atoms with Crippen LogP contribution >= 0.6 is 0 Å². The van der Waals surface area contributed by atoms with Crippen molar-refractivity contribution in [3.8, 4) is 0 Å². The maximum Gasteiger partial charge on any atom is 0.264 e. The summed E-state index contributed by atoms with van der Waals surface area (Å²) in [6.45, 7) is 1.47. The van der Waals surface area contributed by atoms with Gasteiger partial charge in [0.15, 0.2) is 0 Å². The van der Waals surface area contributed by atoms with Crippen molar-refractivity contribution in [2.75, 3.05) is 35.6 Å². The van der Waals surface area contributed by atoms with E-state index in [1.807, 2.05) is 12.1 Å². The van der Waals surface area contributed by atoms with E-state index in [2.05, 4.69) is 5.32 Å². The molecule has 138 valence electrons. The van der Waals surface area contributed by atoms with E-state index in [1.54, 1.807) is 48.7 Å². The lowest BCUT2D eigenvalue weighted by Gasteiger charge is -2.22. The highest BCUT2D eigenvalue weighted by molar-refractivity contribution is 7.92. The summed E-state index contributed by atoms with van der Waals surface area (Å²) in [4.78, 5) is 0.245. The standard InChI is InChI=1S/C19H23N3O3S/c1-22(26(23,24)17-5-3-2-4-6-17)16-7-8-19(18(20)13-16)21-14-15-9-11-25-12-10-15/h2-9,11,13,15,21H,10,12,14,20H2,1H3. The highest BCUT2D eigenvalue weighted by Crippen LogP contribution is 2.28. The zero-order chi connectivity index (χ0) is 18.6. The highest BCUT2D eigenvalue weighted by Gasteiger charge is 2.21. The van der Waals surface area contributed by atoms with Crippen LogP contribution in [0.1, 0.15) is 6.42 Å². The van der Waals surface area contributed by atoms with Crippen LogP contribution in [0.15, 0.2) is 65.8 Å². The first-order valence-corrected chi connectivity index (χ1v) is 9.88. The van der Waals surface area contributed by atoms with Crippen LogP contribution in [0.3, 0.4) is 0 Å². The van der Waals surface area contributed by atoms with Crippen molar-refractivity contribution in [3.05, 3.63) is 60.9 Å². The molecule has 3 rings (SSSR count). The summed E-state index contributed by atoms with van der Waals surface area (Å²) in [5, 5.41) is 3.32. The number of ether oxygens (including phenoxy) is 1. The first-order chi connectivity index (χ1) is 12.5. The van der Waals surface area contributed by atoms with Crippen molar-refractivity contribution in [1.29, 1.82) is 0 Å². The average molecular weight is 373 g/mol. The minimum atomic E-state index is -3.62. The monoisotopic (exact) mass is 373 g/mol. The minimum Gasteiger partial charge on any atom is -0.501 e. The van der Waals surface area contributed by atoms with Crippen LogP contribution < -0.4 is 15.4 Å². The minimum absolute atomic E-state index is 0.245. The zero-order valence-electron chi connectivity index (χ0n) is 14.6. The van der Waals surface area contributed by atoms with Crippen molar-refractivity contribution < 1.29 is 13.2 Å². The lowest BCUT2D eigenvalue weighted by molar-refractivity contribution is 0.211. The van der Waals surface area contributed by atoms with Crippen LogP contribution in [0, 0.1) is 5.92 Å². The maximum absolute atomic E-state index is 12.7. The summed E-state index contributed by atoms with van der Waals surface area (Å²) in [6.07, 6.45) is 4.71. The summed E-state index contributed by atoms with van der Waals surface area (Å²) in [7, 11) is -2.09. The Balaban J connectivity index is 1.74. The largest absolute Gasteiger partial charge is 0.501 e. The Hall–Kier alpha value is -2.67. The van der Waals surface area contributed by atoms with Crippen molar-refractivity contribution in [3.63, 3.8) is 0 Å². The Morgan fingerprint density at radius 2 is 2.00 bits per heavy atom. The van der Waals surface area contributed by atoms with Gasteiger partial charge in [-0.1, -0.05) is 18.2 Å². The lowest BCUT2D eigenvalue weighted by atomic mass is 10.0. The van der Waals surface area contributed by atoms with Gasteiger partial charge in [-0.05, 0) is 42.8 Å². The number of nitrogens with one attached hydrogen (secondary N) is 1. The van der Waals surface area contributed by atoms with Gasteiger partial charge < -0.3 is 15.8 Å². The van der Waals surface area contributed by atoms with Crippen LogP contribution in [-0.4, -0.2) is 28.6 Å². The molecule has 0 bridgehead atoms. The number of anilines is 3. The fourth-order valence-electron chi connectivity index (χ4n) is 2.76. The summed E-state index contributed by atoms with van der Waals surface area (Å²) in [6, 6.07) is 13.6. The number of nitrogens with zero attached hydrogens (tertiary/aromatic N) is 1. The molecule has 1 aliphatic heterocycles. The van der Waals surface area contributed by atoms with Crippen molar-refractivity contribution in [1.82, 2.24) is 0 Å². The van der Waals surface area contributed by atoms with Gasteiger partial charge in [0.2, 0.25) is 0 Å². The summed E-state index contributed by atoms with van der Waals surface area (Å²) in [5.41, 5.74) is 7.95. The number of nitrogen functional groups attached to an aromatic ring is 1. The number of benzene rings is 2. The third kappa shape index (κ3) is 3.94. The van der Waals surface area contributed by atoms with Crippen molar-refractivity contribution in [2.24, 2.45) is 5.92 Å². The Bertz CT molecular complexity index is 882. The van der Waals surface area contributed by atoms with Crippen LogP contribution in [0.5, 0.6) is 0 Å². The topological polar surface area (TPSA) is 84.7 Å². The molecule has 0 aromatic heterocycles. The van der Waals surface area contributed by atoms with Crippen molar-refractivity contribution in [2.45, 2.75) is 11.3 Å². The Morgan fingerprint density at radius 1 is 1.23 bits per heavy atom. The molecule has 0 fully saturated rings. The van der Waals surface area contributed by atoms with E-state index in [0.717, 1.165) is 25.3 Å². The van der Waals surface area contributed by atoms with Gasteiger partial charge in [-0.15, -0.1) is 0 Å². The Labute approximate surface area is 154 Å². The Kier molecular flexibility index (Phi) is 5.37. The zero-order valence-corrected chi connectivity index (χ0v) is 15.4. The maximum atomic E-state index is 12.7. The average Bonchev–Trinajstić information content (AvgIpc) is 2.68. The lowest BCUT2D eigenvalue weighted by Crippen LogP contribution is -2.26. The molecule has 2 aromatic rings. The molecular weight excluding hydrogens is 350 g/mol. The molecule has 0 radical (unpaired) electrons. The fraction of sp³-hybridized carbons (Fsp3) is 0.263. The first kappa shape index (κ1) is 18.1. The highest BCUT2D eigenvalue weighted by atomic mass is 32.2. The molecule has 26 heavy (non-hydrogen) atoms. The molecule has 0 spiro atoms. The fourth-order valence-corrected chi connectivity index (χ4v) is 3.97. The summed E-state index contributed by atoms with van der Waals surface area (Å²) < 4.78 is 31.9. The molecule has 1 atom stereocenters. The second kappa shape index (κ2) is 7.70. The molecule has 6 nitrogen and oxygen atoms in total. The molecule has 0 saturated carbocycles. The molecule has 1 heterocycles. The smallest absolute Gasteiger partial charge is 0.264 e. The second-order valence-corrected chi connectivity index (χ2v) is 8.16. The Morgan fingerprint density at radius 3 is 2.65 bits per heavy atom. The van der Waals surface area contributed by atoms with Gasteiger partial charge in [0.05, 0.1) is 34.8 Å². The molecule has 7 heteroatoms. The molecule has 1 unspecified atom stereocenters. The van der Waals surface area contributed by atoms with E-state index >= 15 is 0 Å². The molecule has 1 aliphatic rings. The van der Waals surface area contributed by atoms with Crippen molar-refractivity contribution >= 4 is 27.1 Å². The third-order valence-electron chi connectivity index (χ3n) is 4.41. The second-order valence-electron chi connectivity index (χ2n) is 6.19. The molecule has 2 aromatic carbocycles. The summed E-state index contributed by atoms with van der Waals surface area (Å²) >= 11 is 0. The normalized spacial score (nSPS) is 16.7. The third-order valence-corrected chi connectivity index (χ3v) is 6.21. The SMILES string of the molecule is CN(c1ccc(NCC2C=COCC2)c(N)c1)S(=O)(=O)c1ccccc1. The van der Waals surface area contributed by atoms with Crippen LogP contribution in [0.4, 0.5) is 17.1 Å². The van der Waals surface area contributed by atoms with Crippen LogP contribution in [-0.2, 0) is 14.8 Å². The van der Waals surface area contributed by atoms with Gasteiger partial charge >= 0.3 is 0 Å². The predicted molar refractivity (Wildman–Crippen MR) is 105 cm³/mol. The molecular formula is C19H23N3O3S. The molecule has 0 saturated heterocycles. The van der Waals surface area contributed by atoms with E-state index in [4.69, 9.17) is 10.5 Å². The van der Waals surface area contributed by atoms with E-state index < -0.39 is 10.0 Å². The van der Waals surface area contributed by atoms with Gasteiger partial charge in [-0.25, -0.2) is 8.42 Å². The number of nitrogens with two attached hydrogens (primary N) is 1. The predicted octanol–water partition coefficient (Wildman–Crippen LogP) is 3.06. The first-order valence-electron chi connectivity index (χ1n) is 8.44. The number of hydrogen-bond acceptors (Lipinski definition) is 5. The molecule has 0 amide bonds. The van der Waals surface area contributed by atoms with E-state index in [1.165, 1.54) is 11.4 Å². The van der Waals surface area contributed by atoms with Crippen LogP contribution in [0.2, 0.25) is 0 Å². The van der Waals surface area contributed by atoms with Gasteiger partial charge in [-0.2, -0.15) is 0 Å². The van der Waals surface area contributed by atoms with Gasteiger partial charge in [0.1, 0.15) is 0 Å². The van der Waals surface area contributed by atoms with Crippen LogP contribution in [0.25, 0.3) is 0 Å². The van der Waals surface area contributed by atoms with E-state index in [9.17, 15) is 8.42 Å². The summed E-state index contributed by atoms with van der Waals surface area (Å²) in [5.74, 6) is 0.393. The quantitative estimate of drug-likeness (QED) is 0.760. The van der Waals surface area contributed by atoms with Gasteiger partial charge in [0.25, 0.3) is 10.0 Å². The molecule has 3 N–H and O–H groups in total. The number of rotatable bonds is 6. The molecule has 0 aliphatic carbocycles. The number of sulfonamides is 1. The van der Waals surface area contributed by atoms with Gasteiger partial charge in [0, 0.05) is 19.5 Å². The van der Waals surface area contributed by atoms with E-state index in [-0.39, 0.29) is 4.90 Å². The van der Waals surface area contributed by atoms with Gasteiger partial charge in [-0.3, -0.25) is 4.31 Å².